The van der Waals surface area contributed by atoms with E-state index in [1.807, 2.05) is 18.5 Å². The van der Waals surface area contributed by atoms with Crippen LogP contribution < -0.4 is 0 Å². The highest BCUT2D eigenvalue weighted by molar-refractivity contribution is 6.17. The van der Waals surface area contributed by atoms with E-state index in [4.69, 9.17) is 9.40 Å². The standard InChI is InChI=1S/C46H34N2O/c1-3-12-38-35(10-1)42-41-36-11-2-4-13-39(36)49-40(41)24-37(43(42)46(38)33-18-26-17-27(20-33)21-34(46)19-26)30-8-5-7-29(22-30)32-23-31-15-14-28-9-6-16-47-44(28)45(31)48-25-32/h1-16,22-27,33-34H,17-21H2. The van der Waals surface area contributed by atoms with Crippen LogP contribution in [0.3, 0.4) is 0 Å². The first-order chi connectivity index (χ1) is 24.2. The van der Waals surface area contributed by atoms with Gasteiger partial charge < -0.3 is 4.42 Å². The van der Waals surface area contributed by atoms with Crippen LogP contribution in [0.25, 0.3) is 77.1 Å². The van der Waals surface area contributed by atoms with Gasteiger partial charge in [-0.05, 0) is 125 Å². The van der Waals surface area contributed by atoms with Crippen molar-refractivity contribution in [2.75, 3.05) is 0 Å². The lowest BCUT2D eigenvalue weighted by Gasteiger charge is -2.61. The Morgan fingerprint density at radius 2 is 1.35 bits per heavy atom. The molecule has 5 aliphatic carbocycles. The fourth-order valence-electron chi connectivity index (χ4n) is 11.5. The van der Waals surface area contributed by atoms with Gasteiger partial charge in [-0.3, -0.25) is 9.97 Å². The first-order valence-corrected chi connectivity index (χ1v) is 18.1. The molecule has 3 aromatic heterocycles. The molecule has 3 heteroatoms. The molecule has 5 aliphatic rings. The maximum Gasteiger partial charge on any atom is 0.136 e. The van der Waals surface area contributed by atoms with Crippen LogP contribution in [-0.4, -0.2) is 9.97 Å². The second kappa shape index (κ2) is 9.45. The molecule has 8 aromatic rings. The summed E-state index contributed by atoms with van der Waals surface area (Å²) in [5, 5.41) is 4.76. The molecule has 49 heavy (non-hydrogen) atoms. The molecule has 3 nitrogen and oxygen atoms in total. The molecule has 0 aliphatic heterocycles. The van der Waals surface area contributed by atoms with Gasteiger partial charge in [-0.1, -0.05) is 78.9 Å². The zero-order valence-corrected chi connectivity index (χ0v) is 27.2. The van der Waals surface area contributed by atoms with Gasteiger partial charge in [0.15, 0.2) is 0 Å². The Balaban J connectivity index is 1.13. The molecule has 5 aromatic carbocycles. The van der Waals surface area contributed by atoms with Gasteiger partial charge in [0.25, 0.3) is 0 Å². The summed E-state index contributed by atoms with van der Waals surface area (Å²) < 4.78 is 6.73. The van der Waals surface area contributed by atoms with Gasteiger partial charge in [-0.25, -0.2) is 0 Å². The minimum absolute atomic E-state index is 0.0375. The average Bonchev–Trinajstić information content (AvgIpc) is 3.67. The third-order valence-electron chi connectivity index (χ3n) is 13.1. The first-order valence-electron chi connectivity index (χ1n) is 18.1. The van der Waals surface area contributed by atoms with E-state index in [-0.39, 0.29) is 5.41 Å². The number of pyridine rings is 2. The Kier molecular flexibility index (Phi) is 5.14. The summed E-state index contributed by atoms with van der Waals surface area (Å²) in [6.07, 6.45) is 10.8. The Morgan fingerprint density at radius 3 is 2.24 bits per heavy atom. The van der Waals surface area contributed by atoms with Crippen LogP contribution in [0, 0.1) is 23.7 Å². The summed E-state index contributed by atoms with van der Waals surface area (Å²) in [5.74, 6) is 3.14. The van der Waals surface area contributed by atoms with E-state index < -0.39 is 0 Å². The maximum atomic E-state index is 6.73. The highest BCUT2D eigenvalue weighted by atomic mass is 16.3. The second-order valence-electron chi connectivity index (χ2n) is 15.4. The summed E-state index contributed by atoms with van der Waals surface area (Å²) >= 11 is 0. The predicted octanol–water partition coefficient (Wildman–Crippen LogP) is 11.7. The van der Waals surface area contributed by atoms with Gasteiger partial charge in [0.2, 0.25) is 0 Å². The Labute approximate surface area is 284 Å². The second-order valence-corrected chi connectivity index (χ2v) is 15.4. The molecule has 0 saturated heterocycles. The van der Waals surface area contributed by atoms with Crippen molar-refractivity contribution in [1.82, 2.24) is 9.97 Å². The highest BCUT2D eigenvalue weighted by Crippen LogP contribution is 2.71. The number of para-hydroxylation sites is 1. The molecule has 13 rings (SSSR count). The third kappa shape index (κ3) is 3.43. The molecule has 234 valence electrons. The van der Waals surface area contributed by atoms with Crippen molar-refractivity contribution < 1.29 is 4.42 Å². The van der Waals surface area contributed by atoms with Crippen LogP contribution in [0.2, 0.25) is 0 Å². The molecular formula is C46H34N2O. The smallest absolute Gasteiger partial charge is 0.136 e. The summed E-state index contributed by atoms with van der Waals surface area (Å²) in [5.41, 5.74) is 14.8. The molecule has 0 atom stereocenters. The Morgan fingerprint density at radius 1 is 0.571 bits per heavy atom. The SMILES string of the molecule is c1cc(-c2cnc3c(ccc4cccnc43)c2)cc(-c2cc3oc4ccccc4c3c3c2C2(c4ccccc4-3)C3CC4CC(C3)CC2C4)c1. The van der Waals surface area contributed by atoms with Gasteiger partial charge in [0.05, 0.1) is 11.0 Å². The van der Waals surface area contributed by atoms with E-state index in [0.717, 1.165) is 50.4 Å². The zero-order valence-electron chi connectivity index (χ0n) is 27.2. The quantitative estimate of drug-likeness (QED) is 0.178. The van der Waals surface area contributed by atoms with Crippen molar-refractivity contribution in [3.8, 4) is 33.4 Å². The number of hydrogen-bond donors (Lipinski definition) is 0. The lowest BCUT2D eigenvalue weighted by molar-refractivity contribution is -0.0397. The van der Waals surface area contributed by atoms with Gasteiger partial charge in [0, 0.05) is 44.9 Å². The van der Waals surface area contributed by atoms with Crippen LogP contribution in [-0.2, 0) is 5.41 Å². The lowest BCUT2D eigenvalue weighted by atomic mass is 9.42. The first kappa shape index (κ1) is 26.6. The topological polar surface area (TPSA) is 38.9 Å². The van der Waals surface area contributed by atoms with Crippen molar-refractivity contribution in [2.24, 2.45) is 23.7 Å². The predicted molar refractivity (Wildman–Crippen MR) is 198 cm³/mol. The number of hydrogen-bond acceptors (Lipinski definition) is 3. The van der Waals surface area contributed by atoms with Crippen molar-refractivity contribution in [3.63, 3.8) is 0 Å². The van der Waals surface area contributed by atoms with Crippen LogP contribution in [0.15, 0.2) is 126 Å². The van der Waals surface area contributed by atoms with Gasteiger partial charge in [-0.2, -0.15) is 0 Å². The number of rotatable bonds is 2. The van der Waals surface area contributed by atoms with Crippen molar-refractivity contribution in [1.29, 1.82) is 0 Å². The van der Waals surface area contributed by atoms with E-state index in [0.29, 0.717) is 11.8 Å². The van der Waals surface area contributed by atoms with Crippen molar-refractivity contribution in [3.05, 3.63) is 133 Å². The van der Waals surface area contributed by atoms with E-state index in [2.05, 4.69) is 108 Å². The van der Waals surface area contributed by atoms with Crippen LogP contribution in [0.4, 0.5) is 0 Å². The van der Waals surface area contributed by atoms with E-state index in [1.165, 1.54) is 70.7 Å². The van der Waals surface area contributed by atoms with Gasteiger partial charge >= 0.3 is 0 Å². The Bertz CT molecular complexity index is 2670. The Hall–Kier alpha value is -5.28. The fourth-order valence-corrected chi connectivity index (χ4v) is 11.5. The highest BCUT2D eigenvalue weighted by Gasteiger charge is 2.62. The third-order valence-corrected chi connectivity index (χ3v) is 13.1. The number of aromatic nitrogens is 2. The van der Waals surface area contributed by atoms with Crippen LogP contribution >= 0.6 is 0 Å². The number of benzene rings is 5. The molecule has 4 bridgehead atoms. The molecule has 0 N–H and O–H groups in total. The normalized spacial score (nSPS) is 24.8. The van der Waals surface area contributed by atoms with Crippen molar-refractivity contribution >= 4 is 43.7 Å². The van der Waals surface area contributed by atoms with E-state index in [9.17, 15) is 0 Å². The van der Waals surface area contributed by atoms with Crippen molar-refractivity contribution in [2.45, 2.75) is 37.5 Å². The minimum Gasteiger partial charge on any atom is -0.456 e. The molecule has 0 unspecified atom stereocenters. The van der Waals surface area contributed by atoms with E-state index >= 15 is 0 Å². The molecule has 0 radical (unpaired) electrons. The molecule has 4 fully saturated rings. The minimum atomic E-state index is 0.0375. The molecule has 1 spiro atoms. The van der Waals surface area contributed by atoms with Gasteiger partial charge in [-0.15, -0.1) is 0 Å². The fraction of sp³-hybridized carbons (Fsp3) is 0.217. The lowest BCUT2D eigenvalue weighted by Crippen LogP contribution is -2.55. The van der Waals surface area contributed by atoms with Crippen LogP contribution in [0.1, 0.15) is 43.2 Å². The summed E-state index contributed by atoms with van der Waals surface area (Å²) in [7, 11) is 0. The number of furan rings is 1. The largest absolute Gasteiger partial charge is 0.456 e. The van der Waals surface area contributed by atoms with Crippen LogP contribution in [0.5, 0.6) is 0 Å². The van der Waals surface area contributed by atoms with E-state index in [1.54, 1.807) is 11.1 Å². The molecule has 0 amide bonds. The number of nitrogens with zero attached hydrogens (tertiary/aromatic N) is 2. The molecular weight excluding hydrogens is 597 g/mol. The monoisotopic (exact) mass is 630 g/mol. The summed E-state index contributed by atoms with van der Waals surface area (Å²) in [6, 6.07) is 40.4. The maximum absolute atomic E-state index is 6.73. The molecule has 4 saturated carbocycles. The van der Waals surface area contributed by atoms with Gasteiger partial charge in [0.1, 0.15) is 11.2 Å². The summed E-state index contributed by atoms with van der Waals surface area (Å²) in [6.45, 7) is 0. The molecule has 3 heterocycles. The average molecular weight is 631 g/mol. The summed E-state index contributed by atoms with van der Waals surface area (Å²) in [4.78, 5) is 9.64. The zero-order chi connectivity index (χ0) is 31.8. The number of fused-ring (bicyclic) bond motifs is 10.